The molecular formula is C31H29FN2O7. The highest BCUT2D eigenvalue weighted by atomic mass is 19.1. The fourth-order valence-electron chi connectivity index (χ4n) is 4.56. The molecule has 0 atom stereocenters. The summed E-state index contributed by atoms with van der Waals surface area (Å²) in [5.74, 6) is -1.01. The zero-order chi connectivity index (χ0) is 29.5. The number of amides is 1. The average Bonchev–Trinajstić information content (AvgIpc) is 3.32. The first-order valence-electron chi connectivity index (χ1n) is 12.9. The zero-order valence-electron chi connectivity index (χ0n) is 23.3. The van der Waals surface area contributed by atoms with Gasteiger partial charge in [-0.15, -0.1) is 0 Å². The summed E-state index contributed by atoms with van der Waals surface area (Å²) < 4.78 is 39.5. The van der Waals surface area contributed by atoms with Crippen LogP contribution in [0, 0.1) is 5.82 Å². The first-order valence-corrected chi connectivity index (χ1v) is 12.9. The van der Waals surface area contributed by atoms with Crippen molar-refractivity contribution in [3.63, 3.8) is 0 Å². The van der Waals surface area contributed by atoms with Crippen LogP contribution in [-0.2, 0) is 4.74 Å². The van der Waals surface area contributed by atoms with E-state index in [0.717, 1.165) is 0 Å². The third-order valence-electron chi connectivity index (χ3n) is 6.40. The second kappa shape index (κ2) is 10.6. The van der Waals surface area contributed by atoms with Crippen molar-refractivity contribution in [2.45, 2.75) is 33.3 Å². The van der Waals surface area contributed by atoms with E-state index in [4.69, 9.17) is 18.9 Å². The number of rotatable bonds is 5. The molecule has 0 saturated carbocycles. The van der Waals surface area contributed by atoms with Gasteiger partial charge in [0.25, 0.3) is 5.91 Å². The van der Waals surface area contributed by atoms with E-state index in [1.165, 1.54) is 36.9 Å². The molecule has 0 radical (unpaired) electrons. The Morgan fingerprint density at radius 3 is 2.39 bits per heavy atom. The van der Waals surface area contributed by atoms with E-state index in [0.29, 0.717) is 46.9 Å². The van der Waals surface area contributed by atoms with Gasteiger partial charge in [-0.1, -0.05) is 6.07 Å². The van der Waals surface area contributed by atoms with Gasteiger partial charge in [0.1, 0.15) is 24.6 Å². The summed E-state index contributed by atoms with van der Waals surface area (Å²) in [7, 11) is 1.49. The molecule has 1 aromatic heterocycles. The Morgan fingerprint density at radius 1 is 0.976 bits per heavy atom. The van der Waals surface area contributed by atoms with Gasteiger partial charge in [0.2, 0.25) is 5.91 Å². The van der Waals surface area contributed by atoms with Gasteiger partial charge >= 0.3 is 5.97 Å². The lowest BCUT2D eigenvalue weighted by atomic mass is 10.00. The Kier molecular flexibility index (Phi) is 7.17. The average molecular weight is 561 g/mol. The fraction of sp³-hybridized carbons (Fsp3) is 0.258. The van der Waals surface area contributed by atoms with Crippen molar-refractivity contribution in [2.75, 3.05) is 25.6 Å². The number of hydrogen-bond acceptors (Lipinski definition) is 7. The fourth-order valence-corrected chi connectivity index (χ4v) is 4.56. The summed E-state index contributed by atoms with van der Waals surface area (Å²) in [6.07, 6.45) is 1.39. The highest BCUT2D eigenvalue weighted by Gasteiger charge is 2.25. The van der Waals surface area contributed by atoms with Crippen molar-refractivity contribution in [1.29, 1.82) is 0 Å². The second-order valence-electron chi connectivity index (χ2n) is 10.5. The molecule has 9 nitrogen and oxygen atoms in total. The number of fused-ring (bicyclic) bond motifs is 2. The minimum atomic E-state index is -0.806. The number of nitrogens with zero attached hydrogens (tertiary/aromatic N) is 1. The van der Waals surface area contributed by atoms with E-state index in [9.17, 15) is 14.4 Å². The molecule has 212 valence electrons. The molecule has 10 heteroatoms. The predicted octanol–water partition coefficient (Wildman–Crippen LogP) is 6.09. The number of anilines is 1. The largest absolute Gasteiger partial charge is 0.497 e. The SMILES string of the molecule is COc1ccc2c(c1)c(C(=O)Nc1cc(C(=O)OC(C)(C)C)cc(-c3ccc4c(c3)OCCO4)c1F)cn2C(C)=O. The molecule has 0 aliphatic carbocycles. The molecule has 1 aliphatic rings. The summed E-state index contributed by atoms with van der Waals surface area (Å²) in [6, 6.07) is 12.5. The number of aromatic nitrogens is 1. The number of esters is 1. The molecule has 4 aromatic rings. The molecular weight excluding hydrogens is 531 g/mol. The van der Waals surface area contributed by atoms with E-state index in [2.05, 4.69) is 5.32 Å². The summed E-state index contributed by atoms with van der Waals surface area (Å²) >= 11 is 0. The molecule has 41 heavy (non-hydrogen) atoms. The van der Waals surface area contributed by atoms with Gasteiger partial charge in [-0.3, -0.25) is 14.2 Å². The predicted molar refractivity (Wildman–Crippen MR) is 151 cm³/mol. The molecule has 0 unspecified atom stereocenters. The van der Waals surface area contributed by atoms with Crippen LogP contribution >= 0.6 is 0 Å². The Morgan fingerprint density at radius 2 is 1.71 bits per heavy atom. The van der Waals surface area contributed by atoms with E-state index in [-0.39, 0.29) is 28.3 Å². The monoisotopic (exact) mass is 560 g/mol. The zero-order valence-corrected chi connectivity index (χ0v) is 23.3. The van der Waals surface area contributed by atoms with E-state index in [1.54, 1.807) is 57.2 Å². The van der Waals surface area contributed by atoms with Crippen LogP contribution in [0.1, 0.15) is 53.2 Å². The van der Waals surface area contributed by atoms with E-state index in [1.807, 2.05) is 0 Å². The number of halogens is 1. The first kappa shape index (κ1) is 27.7. The van der Waals surface area contributed by atoms with Crippen LogP contribution in [0.4, 0.5) is 10.1 Å². The molecule has 3 aromatic carbocycles. The quantitative estimate of drug-likeness (QED) is 0.294. The van der Waals surface area contributed by atoms with Crippen LogP contribution in [0.2, 0.25) is 0 Å². The van der Waals surface area contributed by atoms with Gasteiger partial charge < -0.3 is 24.3 Å². The van der Waals surface area contributed by atoms with Gasteiger partial charge in [0, 0.05) is 24.1 Å². The summed E-state index contributed by atoms with van der Waals surface area (Å²) in [5.41, 5.74) is 0.0586. The number of carbonyl (C=O) groups excluding carboxylic acids is 3. The highest BCUT2D eigenvalue weighted by Crippen LogP contribution is 2.38. The molecule has 1 N–H and O–H groups in total. The van der Waals surface area contributed by atoms with Crippen LogP contribution in [0.3, 0.4) is 0 Å². The second-order valence-corrected chi connectivity index (χ2v) is 10.5. The number of ether oxygens (including phenoxy) is 4. The number of carbonyl (C=O) groups is 3. The molecule has 0 fully saturated rings. The van der Waals surface area contributed by atoms with Crippen molar-refractivity contribution in [3.8, 4) is 28.4 Å². The van der Waals surface area contributed by atoms with Crippen LogP contribution in [0.15, 0.2) is 54.7 Å². The maximum absolute atomic E-state index is 16.1. The topological polar surface area (TPSA) is 105 Å². The molecule has 1 amide bonds. The standard InChI is InChI=1S/C31H29FN2O7/c1-17(35)34-16-23(22-15-20(38-5)7-8-25(22)34)29(36)33-24-13-19(30(37)41-31(2,3)4)12-21(28(24)32)18-6-9-26-27(14-18)40-11-10-39-26/h6-9,12-16H,10-11H2,1-5H3,(H,33,36). The van der Waals surface area contributed by atoms with Crippen molar-refractivity contribution < 1.29 is 37.7 Å². The number of methoxy groups -OCH3 is 1. The van der Waals surface area contributed by atoms with Crippen molar-refractivity contribution >= 4 is 34.4 Å². The smallest absolute Gasteiger partial charge is 0.338 e. The van der Waals surface area contributed by atoms with Crippen LogP contribution in [-0.4, -0.2) is 48.3 Å². The molecule has 0 spiro atoms. The number of benzene rings is 3. The lowest BCUT2D eigenvalue weighted by molar-refractivity contribution is 0.00692. The molecule has 5 rings (SSSR count). The lowest BCUT2D eigenvalue weighted by Gasteiger charge is -2.21. The number of hydrogen-bond donors (Lipinski definition) is 1. The van der Waals surface area contributed by atoms with Crippen molar-refractivity contribution in [2.24, 2.45) is 0 Å². The Bertz CT molecular complexity index is 1700. The van der Waals surface area contributed by atoms with Gasteiger partial charge in [0.15, 0.2) is 17.3 Å². The van der Waals surface area contributed by atoms with E-state index < -0.39 is 23.3 Å². The van der Waals surface area contributed by atoms with Gasteiger partial charge in [0.05, 0.1) is 29.4 Å². The van der Waals surface area contributed by atoms with E-state index >= 15 is 4.39 Å². The maximum Gasteiger partial charge on any atom is 0.338 e. The van der Waals surface area contributed by atoms with Crippen molar-refractivity contribution in [1.82, 2.24) is 4.57 Å². The minimum absolute atomic E-state index is 0.0364. The highest BCUT2D eigenvalue weighted by molar-refractivity contribution is 6.15. The summed E-state index contributed by atoms with van der Waals surface area (Å²) in [6.45, 7) is 7.27. The summed E-state index contributed by atoms with van der Waals surface area (Å²) in [4.78, 5) is 38.9. The van der Waals surface area contributed by atoms with Gasteiger partial charge in [-0.2, -0.15) is 0 Å². The van der Waals surface area contributed by atoms with Gasteiger partial charge in [-0.05, 0) is 68.8 Å². The molecule has 2 heterocycles. The van der Waals surface area contributed by atoms with Crippen LogP contribution < -0.4 is 19.5 Å². The molecule has 0 bridgehead atoms. The Hall–Kier alpha value is -4.86. The Labute approximate surface area is 235 Å². The van der Waals surface area contributed by atoms with Crippen LogP contribution in [0.25, 0.3) is 22.0 Å². The maximum atomic E-state index is 16.1. The molecule has 0 saturated heterocycles. The van der Waals surface area contributed by atoms with Gasteiger partial charge in [-0.25, -0.2) is 9.18 Å². The molecule has 1 aliphatic heterocycles. The normalized spacial score (nSPS) is 12.6. The Balaban J connectivity index is 1.61. The van der Waals surface area contributed by atoms with Crippen LogP contribution in [0.5, 0.6) is 17.2 Å². The summed E-state index contributed by atoms with van der Waals surface area (Å²) in [5, 5.41) is 3.03. The third-order valence-corrected chi connectivity index (χ3v) is 6.40. The minimum Gasteiger partial charge on any atom is -0.497 e. The van der Waals surface area contributed by atoms with Crippen molar-refractivity contribution in [3.05, 3.63) is 71.7 Å². The lowest BCUT2D eigenvalue weighted by Crippen LogP contribution is -2.24. The first-order chi connectivity index (χ1) is 19.4. The number of nitrogens with one attached hydrogen (secondary N) is 1. The third kappa shape index (κ3) is 5.58.